The molecule has 0 bridgehead atoms. The average Bonchev–Trinajstić information content (AvgIpc) is 3.10. The van der Waals surface area contributed by atoms with Crippen LogP contribution in [0.4, 0.5) is 10.8 Å². The molecule has 0 saturated carbocycles. The van der Waals surface area contributed by atoms with Gasteiger partial charge in [-0.15, -0.1) is 17.9 Å². The number of Topliss-reactive ketones (excluding diaryl/α,β-unsaturated/α-hetero) is 1. The number of carbonyl (C=O) groups excluding carboxylic acids is 1. The van der Waals surface area contributed by atoms with Gasteiger partial charge in [0.25, 0.3) is 0 Å². The van der Waals surface area contributed by atoms with Crippen LogP contribution in [0.2, 0.25) is 5.02 Å². The molecule has 0 fully saturated rings. The van der Waals surface area contributed by atoms with Gasteiger partial charge in [-0.3, -0.25) is 4.79 Å². The Labute approximate surface area is 156 Å². The molecule has 0 radical (unpaired) electrons. The Hall–Kier alpha value is -2.43. The third-order valence-electron chi connectivity index (χ3n) is 3.76. The zero-order valence-electron chi connectivity index (χ0n) is 13.8. The van der Waals surface area contributed by atoms with E-state index < -0.39 is 0 Å². The standard InChI is InChI=1S/C20H17ClN2OS/c1-3-12-23(18-10-6-15(7-11-18)14(2)24)20-22-19(13-25-20)16-4-8-17(21)9-5-16/h3-11,13H,1,12H2,2H3. The maximum absolute atomic E-state index is 11.5. The predicted octanol–water partition coefficient (Wildman–Crippen LogP) is 5.99. The largest absolute Gasteiger partial charge is 0.314 e. The minimum atomic E-state index is 0.0566. The lowest BCUT2D eigenvalue weighted by Crippen LogP contribution is -2.16. The van der Waals surface area contributed by atoms with Gasteiger partial charge in [0.05, 0.1) is 5.69 Å². The Morgan fingerprint density at radius 3 is 2.48 bits per heavy atom. The number of thiazole rings is 1. The lowest BCUT2D eigenvalue weighted by molar-refractivity contribution is 0.101. The van der Waals surface area contributed by atoms with E-state index in [1.165, 1.54) is 0 Å². The molecular weight excluding hydrogens is 352 g/mol. The first-order valence-electron chi connectivity index (χ1n) is 7.79. The Bertz CT molecular complexity index is 885. The van der Waals surface area contributed by atoms with Gasteiger partial charge in [0.2, 0.25) is 0 Å². The van der Waals surface area contributed by atoms with Crippen molar-refractivity contribution >= 4 is 39.5 Å². The molecule has 0 unspecified atom stereocenters. The fourth-order valence-corrected chi connectivity index (χ4v) is 3.43. The van der Waals surface area contributed by atoms with Crippen molar-refractivity contribution in [2.24, 2.45) is 0 Å². The number of anilines is 2. The van der Waals surface area contributed by atoms with Crippen LogP contribution in [0.25, 0.3) is 11.3 Å². The van der Waals surface area contributed by atoms with Crippen molar-refractivity contribution in [2.45, 2.75) is 6.92 Å². The van der Waals surface area contributed by atoms with E-state index in [4.69, 9.17) is 16.6 Å². The Balaban J connectivity index is 1.91. The fourth-order valence-electron chi connectivity index (χ4n) is 2.44. The van der Waals surface area contributed by atoms with Crippen LogP contribution in [-0.4, -0.2) is 17.3 Å². The number of benzene rings is 2. The van der Waals surface area contributed by atoms with Crippen molar-refractivity contribution in [1.29, 1.82) is 0 Å². The molecule has 0 aliphatic carbocycles. The highest BCUT2D eigenvalue weighted by Crippen LogP contribution is 2.32. The molecule has 0 aliphatic heterocycles. The number of aromatic nitrogens is 1. The summed E-state index contributed by atoms with van der Waals surface area (Å²) in [4.78, 5) is 18.3. The summed E-state index contributed by atoms with van der Waals surface area (Å²) in [5, 5.41) is 3.61. The van der Waals surface area contributed by atoms with E-state index in [2.05, 4.69) is 11.5 Å². The normalized spacial score (nSPS) is 10.5. The minimum absolute atomic E-state index is 0.0566. The van der Waals surface area contributed by atoms with E-state index in [0.717, 1.165) is 22.1 Å². The summed E-state index contributed by atoms with van der Waals surface area (Å²) in [5.41, 5.74) is 3.61. The topological polar surface area (TPSA) is 33.2 Å². The molecule has 1 heterocycles. The van der Waals surface area contributed by atoms with Gasteiger partial charge in [0.15, 0.2) is 10.9 Å². The van der Waals surface area contributed by atoms with Gasteiger partial charge >= 0.3 is 0 Å². The Kier molecular flexibility index (Phi) is 5.31. The highest BCUT2D eigenvalue weighted by atomic mass is 35.5. The van der Waals surface area contributed by atoms with Gasteiger partial charge in [0, 0.05) is 33.8 Å². The maximum Gasteiger partial charge on any atom is 0.190 e. The van der Waals surface area contributed by atoms with Crippen LogP contribution in [0.3, 0.4) is 0 Å². The third kappa shape index (κ3) is 3.98. The van der Waals surface area contributed by atoms with Crippen molar-refractivity contribution in [3.8, 4) is 11.3 Å². The van der Waals surface area contributed by atoms with Crippen molar-refractivity contribution in [3.63, 3.8) is 0 Å². The third-order valence-corrected chi connectivity index (χ3v) is 4.88. The molecule has 25 heavy (non-hydrogen) atoms. The highest BCUT2D eigenvalue weighted by molar-refractivity contribution is 7.14. The molecule has 0 N–H and O–H groups in total. The molecule has 0 aliphatic rings. The molecule has 0 amide bonds. The smallest absolute Gasteiger partial charge is 0.190 e. The molecule has 2 aromatic carbocycles. The molecule has 5 heteroatoms. The second kappa shape index (κ2) is 7.64. The van der Waals surface area contributed by atoms with E-state index >= 15 is 0 Å². The number of halogens is 1. The summed E-state index contributed by atoms with van der Waals surface area (Å²) in [6.45, 7) is 6.04. The van der Waals surface area contributed by atoms with Gasteiger partial charge in [-0.05, 0) is 43.3 Å². The lowest BCUT2D eigenvalue weighted by Gasteiger charge is -2.20. The zero-order valence-corrected chi connectivity index (χ0v) is 15.3. The number of hydrogen-bond donors (Lipinski definition) is 0. The van der Waals surface area contributed by atoms with Crippen LogP contribution in [0.15, 0.2) is 66.6 Å². The molecule has 0 saturated heterocycles. The molecule has 3 nitrogen and oxygen atoms in total. The molecule has 0 spiro atoms. The van der Waals surface area contributed by atoms with E-state index in [1.807, 2.05) is 60.0 Å². The van der Waals surface area contributed by atoms with E-state index in [9.17, 15) is 4.79 Å². The van der Waals surface area contributed by atoms with Crippen molar-refractivity contribution in [1.82, 2.24) is 4.98 Å². The number of rotatable bonds is 6. The first-order chi connectivity index (χ1) is 12.1. The van der Waals surface area contributed by atoms with Crippen LogP contribution >= 0.6 is 22.9 Å². The van der Waals surface area contributed by atoms with E-state index in [1.54, 1.807) is 18.3 Å². The average molecular weight is 369 g/mol. The van der Waals surface area contributed by atoms with Gasteiger partial charge in [0.1, 0.15) is 0 Å². The Morgan fingerprint density at radius 2 is 1.88 bits per heavy atom. The zero-order chi connectivity index (χ0) is 17.8. The van der Waals surface area contributed by atoms with Gasteiger partial charge in [-0.25, -0.2) is 4.98 Å². The minimum Gasteiger partial charge on any atom is -0.314 e. The summed E-state index contributed by atoms with van der Waals surface area (Å²) in [6.07, 6.45) is 1.84. The first kappa shape index (κ1) is 17.4. The second-order valence-electron chi connectivity index (χ2n) is 5.52. The van der Waals surface area contributed by atoms with Crippen LogP contribution < -0.4 is 4.90 Å². The molecule has 1 aromatic heterocycles. The number of hydrogen-bond acceptors (Lipinski definition) is 4. The van der Waals surface area contributed by atoms with E-state index in [0.29, 0.717) is 17.1 Å². The highest BCUT2D eigenvalue weighted by Gasteiger charge is 2.13. The van der Waals surface area contributed by atoms with Gasteiger partial charge in [-0.1, -0.05) is 29.8 Å². The van der Waals surface area contributed by atoms with Crippen LogP contribution in [-0.2, 0) is 0 Å². The second-order valence-corrected chi connectivity index (χ2v) is 6.80. The summed E-state index contributed by atoms with van der Waals surface area (Å²) < 4.78 is 0. The van der Waals surface area contributed by atoms with Crippen molar-refractivity contribution in [2.75, 3.05) is 11.4 Å². The summed E-state index contributed by atoms with van der Waals surface area (Å²) in [6, 6.07) is 15.2. The molecular formula is C20H17ClN2OS. The summed E-state index contributed by atoms with van der Waals surface area (Å²) in [5.74, 6) is 0.0566. The van der Waals surface area contributed by atoms with Gasteiger partial charge in [-0.2, -0.15) is 0 Å². The quantitative estimate of drug-likeness (QED) is 0.395. The van der Waals surface area contributed by atoms with E-state index in [-0.39, 0.29) is 5.78 Å². The lowest BCUT2D eigenvalue weighted by atomic mass is 10.1. The molecule has 126 valence electrons. The Morgan fingerprint density at radius 1 is 1.20 bits per heavy atom. The number of nitrogens with zero attached hydrogens (tertiary/aromatic N) is 2. The SMILES string of the molecule is C=CCN(c1ccc(C(C)=O)cc1)c1nc(-c2ccc(Cl)cc2)cs1. The number of carbonyl (C=O) groups is 1. The molecule has 3 rings (SSSR count). The van der Waals surface area contributed by atoms with Crippen LogP contribution in [0, 0.1) is 0 Å². The monoisotopic (exact) mass is 368 g/mol. The molecule has 0 atom stereocenters. The predicted molar refractivity (Wildman–Crippen MR) is 106 cm³/mol. The van der Waals surface area contributed by atoms with Gasteiger partial charge < -0.3 is 4.90 Å². The summed E-state index contributed by atoms with van der Waals surface area (Å²) in [7, 11) is 0. The van der Waals surface area contributed by atoms with Crippen molar-refractivity contribution < 1.29 is 4.79 Å². The first-order valence-corrected chi connectivity index (χ1v) is 9.05. The maximum atomic E-state index is 11.5. The van der Waals surface area contributed by atoms with Crippen LogP contribution in [0.5, 0.6) is 0 Å². The summed E-state index contributed by atoms with van der Waals surface area (Å²) >= 11 is 7.52. The van der Waals surface area contributed by atoms with Crippen molar-refractivity contribution in [3.05, 3.63) is 77.2 Å². The molecule has 3 aromatic rings. The van der Waals surface area contributed by atoms with Crippen LogP contribution in [0.1, 0.15) is 17.3 Å². The number of ketones is 1. The fraction of sp³-hybridized carbons (Fsp3) is 0.100.